The Balaban J connectivity index is 1.80. The van der Waals surface area contributed by atoms with Crippen molar-refractivity contribution in [2.75, 3.05) is 0 Å². The van der Waals surface area contributed by atoms with Crippen LogP contribution in [0.4, 0.5) is 0 Å². The van der Waals surface area contributed by atoms with Crippen molar-refractivity contribution in [3.63, 3.8) is 0 Å². The Hall–Kier alpha value is -3.06. The van der Waals surface area contributed by atoms with Crippen LogP contribution in [-0.2, 0) is 0 Å². The zero-order valence-corrected chi connectivity index (χ0v) is 12.8. The van der Waals surface area contributed by atoms with Crippen molar-refractivity contribution in [2.45, 2.75) is 0 Å². The van der Waals surface area contributed by atoms with Gasteiger partial charge in [-0.15, -0.1) is 11.3 Å². The smallest absolute Gasteiger partial charge is 0.168 e. The number of benzene rings is 1. The standard InChI is InChI=1S/C16H12N6S/c17-15-14-10-20-22(12-5-2-1-3-6-12)16(14)18-11-21(15)19-9-13-7-4-8-23-13/h1-11,17H/b17-15?,19-9+. The lowest BCUT2D eigenvalue weighted by atomic mass is 10.3. The van der Waals surface area contributed by atoms with E-state index in [-0.39, 0.29) is 5.49 Å². The molecule has 0 aliphatic rings. The van der Waals surface area contributed by atoms with E-state index in [9.17, 15) is 0 Å². The molecular weight excluding hydrogens is 308 g/mol. The van der Waals surface area contributed by atoms with Crippen molar-refractivity contribution in [2.24, 2.45) is 5.10 Å². The third-order valence-electron chi connectivity index (χ3n) is 3.37. The van der Waals surface area contributed by atoms with Gasteiger partial charge in [0.25, 0.3) is 0 Å². The fourth-order valence-corrected chi connectivity index (χ4v) is 2.83. The quantitative estimate of drug-likeness (QED) is 0.589. The van der Waals surface area contributed by atoms with E-state index >= 15 is 0 Å². The Morgan fingerprint density at radius 1 is 1.13 bits per heavy atom. The zero-order valence-electron chi connectivity index (χ0n) is 12.0. The average molecular weight is 320 g/mol. The second kappa shape index (κ2) is 5.62. The summed E-state index contributed by atoms with van der Waals surface area (Å²) in [5.74, 6) is 0. The van der Waals surface area contributed by atoms with Gasteiger partial charge in [-0.05, 0) is 23.6 Å². The van der Waals surface area contributed by atoms with Crippen LogP contribution in [-0.4, -0.2) is 25.7 Å². The molecule has 0 radical (unpaired) electrons. The van der Waals surface area contributed by atoms with E-state index in [1.54, 1.807) is 28.4 Å². The van der Waals surface area contributed by atoms with Crippen molar-refractivity contribution in [3.05, 3.63) is 70.7 Å². The highest BCUT2D eigenvalue weighted by molar-refractivity contribution is 7.11. The summed E-state index contributed by atoms with van der Waals surface area (Å²) in [5, 5.41) is 19.6. The first kappa shape index (κ1) is 13.6. The zero-order chi connectivity index (χ0) is 15.6. The first-order valence-electron chi connectivity index (χ1n) is 6.96. The summed E-state index contributed by atoms with van der Waals surface area (Å²) in [4.78, 5) is 5.44. The van der Waals surface area contributed by atoms with Gasteiger partial charge in [-0.25, -0.2) is 14.3 Å². The van der Waals surface area contributed by atoms with Crippen LogP contribution >= 0.6 is 11.3 Å². The van der Waals surface area contributed by atoms with E-state index in [4.69, 9.17) is 5.41 Å². The first-order chi connectivity index (χ1) is 11.3. The third kappa shape index (κ3) is 2.47. The Bertz CT molecular complexity index is 1030. The van der Waals surface area contributed by atoms with Gasteiger partial charge in [0, 0.05) is 4.88 Å². The molecule has 0 amide bonds. The van der Waals surface area contributed by atoms with Crippen molar-refractivity contribution >= 4 is 28.6 Å². The first-order valence-corrected chi connectivity index (χ1v) is 7.84. The lowest BCUT2D eigenvalue weighted by Crippen LogP contribution is -2.17. The minimum Gasteiger partial charge on any atom is -0.282 e. The number of fused-ring (bicyclic) bond motifs is 1. The Morgan fingerprint density at radius 2 is 2.00 bits per heavy atom. The molecule has 6 nitrogen and oxygen atoms in total. The van der Waals surface area contributed by atoms with Gasteiger partial charge < -0.3 is 0 Å². The summed E-state index contributed by atoms with van der Waals surface area (Å²) >= 11 is 1.59. The Labute approximate surface area is 135 Å². The Kier molecular flexibility index (Phi) is 3.32. The molecule has 1 aromatic carbocycles. The molecule has 0 unspecified atom stereocenters. The maximum Gasteiger partial charge on any atom is 0.168 e. The molecule has 1 N–H and O–H groups in total. The molecule has 0 spiro atoms. The van der Waals surface area contributed by atoms with E-state index in [0.29, 0.717) is 11.0 Å². The topological polar surface area (TPSA) is 71.8 Å². The summed E-state index contributed by atoms with van der Waals surface area (Å²) in [6.45, 7) is 0. The predicted octanol–water partition coefficient (Wildman–Crippen LogP) is 2.65. The predicted molar refractivity (Wildman–Crippen MR) is 90.0 cm³/mol. The number of para-hydroxylation sites is 1. The number of nitrogens with zero attached hydrogens (tertiary/aromatic N) is 5. The molecule has 4 rings (SSSR count). The van der Waals surface area contributed by atoms with E-state index in [1.165, 1.54) is 11.0 Å². The number of aromatic nitrogens is 4. The summed E-state index contributed by atoms with van der Waals surface area (Å²) in [6, 6.07) is 13.7. The van der Waals surface area contributed by atoms with Crippen molar-refractivity contribution in [1.29, 1.82) is 5.41 Å². The van der Waals surface area contributed by atoms with Crippen LogP contribution in [0, 0.1) is 5.41 Å². The summed E-state index contributed by atoms with van der Waals surface area (Å²) in [6.07, 6.45) is 4.91. The summed E-state index contributed by atoms with van der Waals surface area (Å²) in [5.41, 5.74) is 1.81. The minimum atomic E-state index is 0.255. The largest absolute Gasteiger partial charge is 0.282 e. The molecule has 0 saturated heterocycles. The van der Waals surface area contributed by atoms with E-state index in [1.807, 2.05) is 47.8 Å². The molecule has 0 saturated carbocycles. The molecule has 4 aromatic rings. The normalized spacial score (nSPS) is 11.5. The lowest BCUT2D eigenvalue weighted by molar-refractivity contribution is 0.779. The number of nitrogens with one attached hydrogen (secondary N) is 1. The lowest BCUT2D eigenvalue weighted by Gasteiger charge is -2.03. The molecule has 23 heavy (non-hydrogen) atoms. The highest BCUT2D eigenvalue weighted by Gasteiger charge is 2.08. The van der Waals surface area contributed by atoms with Gasteiger partial charge in [0.05, 0.1) is 23.5 Å². The number of hydrogen-bond donors (Lipinski definition) is 1. The number of thiophene rings is 1. The van der Waals surface area contributed by atoms with Gasteiger partial charge >= 0.3 is 0 Å². The molecular formula is C16H12N6S. The van der Waals surface area contributed by atoms with Gasteiger partial charge in [0.2, 0.25) is 0 Å². The van der Waals surface area contributed by atoms with Crippen LogP contribution < -0.4 is 5.49 Å². The maximum atomic E-state index is 8.30. The summed E-state index contributed by atoms with van der Waals surface area (Å²) in [7, 11) is 0. The molecule has 7 heteroatoms. The fraction of sp³-hybridized carbons (Fsp3) is 0. The molecule has 112 valence electrons. The SMILES string of the molecule is N=c1c2cnn(-c3ccccc3)c2ncn1/N=C/c1cccs1. The van der Waals surface area contributed by atoms with E-state index in [2.05, 4.69) is 15.2 Å². The monoisotopic (exact) mass is 320 g/mol. The highest BCUT2D eigenvalue weighted by Crippen LogP contribution is 2.13. The van der Waals surface area contributed by atoms with E-state index < -0.39 is 0 Å². The van der Waals surface area contributed by atoms with Crippen molar-refractivity contribution < 1.29 is 0 Å². The van der Waals surface area contributed by atoms with Crippen LogP contribution in [0.2, 0.25) is 0 Å². The van der Waals surface area contributed by atoms with Crippen LogP contribution in [0.1, 0.15) is 4.88 Å². The van der Waals surface area contributed by atoms with Crippen LogP contribution in [0.15, 0.2) is 65.5 Å². The fourth-order valence-electron chi connectivity index (χ4n) is 2.25. The number of hydrogen-bond acceptors (Lipinski definition) is 5. The van der Waals surface area contributed by atoms with Crippen molar-refractivity contribution in [3.8, 4) is 5.69 Å². The molecule has 0 aliphatic carbocycles. The van der Waals surface area contributed by atoms with E-state index in [0.717, 1.165) is 10.6 Å². The second-order valence-corrected chi connectivity index (χ2v) is 5.81. The Morgan fingerprint density at radius 3 is 2.78 bits per heavy atom. The van der Waals surface area contributed by atoms with Gasteiger partial charge in [-0.3, -0.25) is 5.41 Å². The molecule has 0 aliphatic heterocycles. The van der Waals surface area contributed by atoms with Crippen LogP contribution in [0.3, 0.4) is 0 Å². The molecule has 0 bridgehead atoms. The second-order valence-electron chi connectivity index (χ2n) is 4.83. The minimum absolute atomic E-state index is 0.255. The third-order valence-corrected chi connectivity index (χ3v) is 4.18. The van der Waals surface area contributed by atoms with Gasteiger partial charge in [0.15, 0.2) is 11.1 Å². The average Bonchev–Trinajstić information content (AvgIpc) is 3.25. The maximum absolute atomic E-state index is 8.30. The van der Waals surface area contributed by atoms with Gasteiger partial charge in [0.1, 0.15) is 6.33 Å². The molecule has 3 aromatic heterocycles. The molecule has 3 heterocycles. The van der Waals surface area contributed by atoms with Gasteiger partial charge in [-0.2, -0.15) is 10.2 Å². The van der Waals surface area contributed by atoms with Crippen LogP contribution in [0.25, 0.3) is 16.7 Å². The number of rotatable bonds is 3. The highest BCUT2D eigenvalue weighted by atomic mass is 32.1. The van der Waals surface area contributed by atoms with Gasteiger partial charge in [-0.1, -0.05) is 24.3 Å². The van der Waals surface area contributed by atoms with Crippen molar-refractivity contribution in [1.82, 2.24) is 19.4 Å². The van der Waals surface area contributed by atoms with Crippen LogP contribution in [0.5, 0.6) is 0 Å². The summed E-state index contributed by atoms with van der Waals surface area (Å²) < 4.78 is 3.17. The molecule has 0 fully saturated rings. The molecule has 0 atom stereocenters.